The molecule has 0 saturated carbocycles. The molecule has 0 spiro atoms. The van der Waals surface area contributed by atoms with Gasteiger partial charge in [-0.2, -0.15) is 0 Å². The van der Waals surface area contributed by atoms with Crippen LogP contribution in [0, 0.1) is 6.92 Å². The lowest BCUT2D eigenvalue weighted by molar-refractivity contribution is -0.140. The molecule has 0 aliphatic carbocycles. The zero-order valence-electron chi connectivity index (χ0n) is 26.4. The Balaban J connectivity index is 1.09. The third-order valence-electron chi connectivity index (χ3n) is 10.3. The molecule has 9 nitrogen and oxygen atoms in total. The Bertz CT molecular complexity index is 1330. The first-order valence-corrected chi connectivity index (χ1v) is 16.6. The maximum absolute atomic E-state index is 14.1. The smallest absolute Gasteiger partial charge is 0.322 e. The van der Waals surface area contributed by atoms with Crippen molar-refractivity contribution < 1.29 is 14.4 Å². The van der Waals surface area contributed by atoms with Gasteiger partial charge in [0, 0.05) is 63.2 Å². The molecule has 0 radical (unpaired) electrons. The van der Waals surface area contributed by atoms with Gasteiger partial charge in [-0.25, -0.2) is 4.79 Å². The van der Waals surface area contributed by atoms with E-state index in [1.54, 1.807) is 0 Å². The van der Waals surface area contributed by atoms with Crippen LogP contribution < -0.4 is 10.2 Å². The summed E-state index contributed by atoms with van der Waals surface area (Å²) in [6.45, 7) is 7.67. The number of fused-ring (bicyclic) bond motifs is 1. The molecule has 9 heteroatoms. The van der Waals surface area contributed by atoms with E-state index < -0.39 is 6.04 Å². The Hall–Kier alpha value is -3.59. The van der Waals surface area contributed by atoms with E-state index in [9.17, 15) is 14.4 Å². The lowest BCUT2D eigenvalue weighted by Crippen LogP contribution is -2.55. The highest BCUT2D eigenvalue weighted by Gasteiger charge is 2.37. The van der Waals surface area contributed by atoms with Crippen LogP contribution in [0.1, 0.15) is 62.5 Å². The summed E-state index contributed by atoms with van der Waals surface area (Å²) >= 11 is 0. The molecule has 4 amide bonds. The number of para-hydroxylation sites is 1. The minimum atomic E-state index is -0.557. The maximum Gasteiger partial charge on any atom is 0.322 e. The number of nitrogens with zero attached hydrogens (tertiary/aromatic N) is 5. The van der Waals surface area contributed by atoms with Gasteiger partial charge >= 0.3 is 6.03 Å². The van der Waals surface area contributed by atoms with Gasteiger partial charge < -0.3 is 29.8 Å². The van der Waals surface area contributed by atoms with Gasteiger partial charge in [0.15, 0.2) is 0 Å². The van der Waals surface area contributed by atoms with Crippen LogP contribution in [0.15, 0.2) is 48.5 Å². The van der Waals surface area contributed by atoms with Gasteiger partial charge in [-0.3, -0.25) is 9.59 Å². The average molecular weight is 601 g/mol. The summed E-state index contributed by atoms with van der Waals surface area (Å²) in [4.78, 5) is 51.3. The highest BCUT2D eigenvalue weighted by atomic mass is 16.2. The summed E-state index contributed by atoms with van der Waals surface area (Å²) in [6.07, 6.45) is 7.51. The van der Waals surface area contributed by atoms with Crippen molar-refractivity contribution in [3.8, 4) is 0 Å². The molecule has 0 aromatic heterocycles. The van der Waals surface area contributed by atoms with Gasteiger partial charge in [0.05, 0.1) is 6.42 Å². The Morgan fingerprint density at radius 1 is 0.864 bits per heavy atom. The molecule has 4 heterocycles. The van der Waals surface area contributed by atoms with E-state index in [-0.39, 0.29) is 30.3 Å². The van der Waals surface area contributed by atoms with Crippen molar-refractivity contribution in [2.75, 3.05) is 56.5 Å². The van der Waals surface area contributed by atoms with Crippen LogP contribution in [0.5, 0.6) is 0 Å². The van der Waals surface area contributed by atoms with Gasteiger partial charge in [0.1, 0.15) is 6.04 Å². The second-order valence-electron chi connectivity index (χ2n) is 13.2. The van der Waals surface area contributed by atoms with Crippen LogP contribution in [-0.4, -0.2) is 102 Å². The lowest BCUT2D eigenvalue weighted by Gasteiger charge is -2.42. The van der Waals surface area contributed by atoms with Gasteiger partial charge in [-0.15, -0.1) is 0 Å². The number of aryl methyl sites for hydroxylation is 1. The number of hydrogen-bond acceptors (Lipinski definition) is 5. The number of piperidine rings is 3. The lowest BCUT2D eigenvalue weighted by atomic mass is 9.98. The second kappa shape index (κ2) is 13.6. The second-order valence-corrected chi connectivity index (χ2v) is 13.2. The number of amides is 4. The van der Waals surface area contributed by atoms with Gasteiger partial charge in [-0.05, 0) is 87.9 Å². The first-order valence-electron chi connectivity index (χ1n) is 16.6. The minimum Gasteiger partial charge on any atom is -0.362 e. The van der Waals surface area contributed by atoms with Gasteiger partial charge in [0.2, 0.25) is 11.8 Å². The number of anilines is 2. The molecule has 4 aliphatic rings. The van der Waals surface area contributed by atoms with Gasteiger partial charge in [0.25, 0.3) is 0 Å². The average Bonchev–Trinajstić information content (AvgIpc) is 3.07. The SMILES string of the molecule is Cc1cccc(N(C)C(CC(=O)N2CCC(N3Cc4ccccc4NC3=O)CC2)C(=O)N2CCC(N3CCCCC3)CC2)c1. The largest absolute Gasteiger partial charge is 0.362 e. The first kappa shape index (κ1) is 30.4. The van der Waals surface area contributed by atoms with Crippen molar-refractivity contribution in [1.82, 2.24) is 19.6 Å². The number of hydrogen-bond donors (Lipinski definition) is 1. The molecular weight excluding hydrogens is 552 g/mol. The summed E-state index contributed by atoms with van der Waals surface area (Å²) in [5.41, 5.74) is 4.08. The highest BCUT2D eigenvalue weighted by molar-refractivity contribution is 5.93. The number of likely N-dealkylation sites (tertiary alicyclic amines) is 3. The number of benzene rings is 2. The minimum absolute atomic E-state index is 0.0120. The first-order chi connectivity index (χ1) is 21.4. The molecule has 6 rings (SSSR count). The molecule has 4 aliphatic heterocycles. The molecule has 44 heavy (non-hydrogen) atoms. The standard InChI is InChI=1S/C35H48N6O3/c1-26-9-8-11-30(23-26)37(2)32(34(43)40-21-13-28(14-22-40)38-17-6-3-7-18-38)24-33(42)39-19-15-29(16-20-39)41-25-27-10-4-5-12-31(27)36-35(41)44/h4-5,8-12,23,28-29,32H,3,6-7,13-22,24-25H2,1-2H3,(H,36,44). The van der Waals surface area contributed by atoms with Crippen LogP contribution in [0.4, 0.5) is 16.2 Å². The molecule has 3 fully saturated rings. The van der Waals surface area contributed by atoms with Crippen molar-refractivity contribution in [3.63, 3.8) is 0 Å². The molecule has 2 aromatic rings. The molecule has 236 valence electrons. The van der Waals surface area contributed by atoms with Crippen LogP contribution in [0.25, 0.3) is 0 Å². The molecule has 2 aromatic carbocycles. The van der Waals surface area contributed by atoms with E-state index in [2.05, 4.69) is 35.3 Å². The summed E-state index contributed by atoms with van der Waals surface area (Å²) in [7, 11) is 1.95. The quantitative estimate of drug-likeness (QED) is 0.498. The monoisotopic (exact) mass is 600 g/mol. The fourth-order valence-electron chi connectivity index (χ4n) is 7.60. The fraction of sp³-hybridized carbons (Fsp3) is 0.571. The van der Waals surface area contributed by atoms with Crippen LogP contribution >= 0.6 is 0 Å². The van der Waals surface area contributed by atoms with Crippen molar-refractivity contribution in [2.45, 2.75) is 83.0 Å². The Morgan fingerprint density at radius 3 is 2.27 bits per heavy atom. The molecule has 1 unspecified atom stereocenters. The predicted octanol–water partition coefficient (Wildman–Crippen LogP) is 4.71. The number of nitrogens with one attached hydrogen (secondary N) is 1. The molecule has 3 saturated heterocycles. The number of urea groups is 1. The van der Waals surface area contributed by atoms with Crippen LogP contribution in [0.3, 0.4) is 0 Å². The van der Waals surface area contributed by atoms with E-state index in [4.69, 9.17) is 0 Å². The van der Waals surface area contributed by atoms with E-state index in [1.165, 1.54) is 32.4 Å². The van der Waals surface area contributed by atoms with Crippen LogP contribution in [-0.2, 0) is 16.1 Å². The van der Waals surface area contributed by atoms with Crippen molar-refractivity contribution in [2.24, 2.45) is 0 Å². The van der Waals surface area contributed by atoms with E-state index in [0.717, 1.165) is 61.3 Å². The normalized spacial score (nSPS) is 21.0. The Kier molecular flexibility index (Phi) is 9.40. The highest BCUT2D eigenvalue weighted by Crippen LogP contribution is 2.29. The summed E-state index contributed by atoms with van der Waals surface area (Å²) in [5, 5.41) is 3.02. The van der Waals surface area contributed by atoms with E-state index >= 15 is 0 Å². The topological polar surface area (TPSA) is 79.4 Å². The fourth-order valence-corrected chi connectivity index (χ4v) is 7.60. The molecular formula is C35H48N6O3. The van der Waals surface area contributed by atoms with E-state index in [0.29, 0.717) is 25.7 Å². The summed E-state index contributed by atoms with van der Waals surface area (Å²) in [6, 6.07) is 16.1. The molecule has 1 atom stereocenters. The number of carbonyl (C=O) groups is 3. The predicted molar refractivity (Wildman–Crippen MR) is 174 cm³/mol. The third kappa shape index (κ3) is 6.72. The zero-order chi connectivity index (χ0) is 30.6. The van der Waals surface area contributed by atoms with Crippen molar-refractivity contribution in [1.29, 1.82) is 0 Å². The van der Waals surface area contributed by atoms with Crippen LogP contribution in [0.2, 0.25) is 0 Å². The number of rotatable bonds is 7. The summed E-state index contributed by atoms with van der Waals surface area (Å²) in [5.74, 6) is 0.0657. The van der Waals surface area contributed by atoms with Crippen molar-refractivity contribution in [3.05, 3.63) is 59.7 Å². The summed E-state index contributed by atoms with van der Waals surface area (Å²) < 4.78 is 0. The Morgan fingerprint density at radius 2 is 1.55 bits per heavy atom. The number of carbonyl (C=O) groups excluding carboxylic acids is 3. The van der Waals surface area contributed by atoms with E-state index in [1.807, 2.05) is 57.0 Å². The third-order valence-corrected chi connectivity index (χ3v) is 10.3. The maximum atomic E-state index is 14.1. The number of likely N-dealkylation sites (N-methyl/N-ethyl adjacent to an activating group) is 1. The molecule has 1 N–H and O–H groups in total. The van der Waals surface area contributed by atoms with Gasteiger partial charge in [-0.1, -0.05) is 36.8 Å². The van der Waals surface area contributed by atoms with Crippen molar-refractivity contribution >= 4 is 29.2 Å². The Labute approximate surface area is 262 Å². The molecule has 0 bridgehead atoms. The zero-order valence-corrected chi connectivity index (χ0v) is 26.4.